The second kappa shape index (κ2) is 8.46. The van der Waals surface area contributed by atoms with Gasteiger partial charge in [-0.2, -0.15) is 0 Å². The van der Waals surface area contributed by atoms with Gasteiger partial charge in [-0.1, -0.05) is 51.4 Å². The van der Waals surface area contributed by atoms with E-state index in [0.29, 0.717) is 11.1 Å². The van der Waals surface area contributed by atoms with E-state index in [1.807, 2.05) is 6.92 Å². The lowest BCUT2D eigenvalue weighted by molar-refractivity contribution is 0.495. The maximum Gasteiger partial charge on any atom is 0.0660 e. The van der Waals surface area contributed by atoms with E-state index >= 15 is 0 Å². The van der Waals surface area contributed by atoms with Gasteiger partial charge in [-0.25, -0.2) is 0 Å². The summed E-state index contributed by atoms with van der Waals surface area (Å²) in [5.41, 5.74) is 1.77. The molecule has 0 saturated carbocycles. The van der Waals surface area contributed by atoms with Gasteiger partial charge in [-0.05, 0) is 31.4 Å². The van der Waals surface area contributed by atoms with E-state index in [1.54, 1.807) is 6.08 Å². The van der Waals surface area contributed by atoms with Crippen LogP contribution in [0, 0.1) is 0 Å². The van der Waals surface area contributed by atoms with Crippen LogP contribution in [-0.4, -0.2) is 6.04 Å². The van der Waals surface area contributed by atoms with Gasteiger partial charge < -0.3 is 5.32 Å². The summed E-state index contributed by atoms with van der Waals surface area (Å²) in [6.45, 7) is 13.9. The molecule has 0 amide bonds. The van der Waals surface area contributed by atoms with Gasteiger partial charge >= 0.3 is 0 Å². The van der Waals surface area contributed by atoms with Crippen molar-refractivity contribution in [1.29, 1.82) is 0 Å². The Labute approximate surface area is 105 Å². The average Bonchev–Trinajstić information content (AvgIpc) is 2.28. The van der Waals surface area contributed by atoms with Crippen molar-refractivity contribution < 1.29 is 0 Å². The third-order valence-corrected chi connectivity index (χ3v) is 3.10. The number of rotatable bonds is 8. The smallest absolute Gasteiger partial charge is 0.0660 e. The summed E-state index contributed by atoms with van der Waals surface area (Å²) in [6, 6.07) is 0.473. The Bertz CT molecular complexity index is 266. The van der Waals surface area contributed by atoms with Gasteiger partial charge in [0.15, 0.2) is 0 Å². The van der Waals surface area contributed by atoms with Crippen LogP contribution in [0.15, 0.2) is 35.5 Å². The van der Waals surface area contributed by atoms with Gasteiger partial charge in [0.05, 0.1) is 10.7 Å². The highest BCUT2D eigenvalue weighted by Crippen LogP contribution is 2.18. The number of unbranched alkanes of at least 4 members (excludes halogenated alkanes) is 1. The maximum atomic E-state index is 6.16. The first-order valence-electron chi connectivity index (χ1n) is 6.01. The summed E-state index contributed by atoms with van der Waals surface area (Å²) in [6.07, 6.45) is 6.49. The Hall–Kier alpha value is -0.690. The van der Waals surface area contributed by atoms with Crippen molar-refractivity contribution in [2.24, 2.45) is 0 Å². The molecule has 1 N–H and O–H groups in total. The predicted octanol–water partition coefficient (Wildman–Crippen LogP) is 4.76. The lowest BCUT2D eigenvalue weighted by Crippen LogP contribution is -2.27. The highest BCUT2D eigenvalue weighted by Gasteiger charge is 2.08. The van der Waals surface area contributed by atoms with Crippen LogP contribution in [0.25, 0.3) is 0 Å². The van der Waals surface area contributed by atoms with Crippen molar-refractivity contribution in [2.75, 3.05) is 0 Å². The Morgan fingerprint density at radius 3 is 2.44 bits per heavy atom. The fourth-order valence-electron chi connectivity index (χ4n) is 1.49. The van der Waals surface area contributed by atoms with E-state index in [9.17, 15) is 0 Å². The summed E-state index contributed by atoms with van der Waals surface area (Å²) in [4.78, 5) is 0. The highest BCUT2D eigenvalue weighted by molar-refractivity contribution is 6.32. The molecule has 0 aromatic carbocycles. The monoisotopic (exact) mass is 241 g/mol. The first-order chi connectivity index (χ1) is 7.56. The summed E-state index contributed by atoms with van der Waals surface area (Å²) < 4.78 is 0. The number of hydrogen-bond donors (Lipinski definition) is 1. The molecule has 1 nitrogen and oxygen atoms in total. The molecule has 0 radical (unpaired) electrons. The molecular formula is C14H24ClN. The molecule has 0 bridgehead atoms. The lowest BCUT2D eigenvalue weighted by Gasteiger charge is -2.19. The van der Waals surface area contributed by atoms with Crippen molar-refractivity contribution in [3.05, 3.63) is 35.5 Å². The van der Waals surface area contributed by atoms with Gasteiger partial charge in [-0.15, -0.1) is 0 Å². The van der Waals surface area contributed by atoms with Crippen molar-refractivity contribution in [3.63, 3.8) is 0 Å². The van der Waals surface area contributed by atoms with Gasteiger partial charge in [-0.3, -0.25) is 0 Å². The van der Waals surface area contributed by atoms with Gasteiger partial charge in [0.25, 0.3) is 0 Å². The first-order valence-corrected chi connectivity index (χ1v) is 6.39. The molecule has 16 heavy (non-hydrogen) atoms. The summed E-state index contributed by atoms with van der Waals surface area (Å²) in [7, 11) is 0. The zero-order valence-corrected chi connectivity index (χ0v) is 11.5. The molecule has 0 spiro atoms. The third-order valence-electron chi connectivity index (χ3n) is 2.57. The Morgan fingerprint density at radius 2 is 2.06 bits per heavy atom. The lowest BCUT2D eigenvalue weighted by atomic mass is 10.1. The molecule has 0 aliphatic rings. The van der Waals surface area contributed by atoms with Gasteiger partial charge in [0, 0.05) is 6.04 Å². The molecule has 0 aliphatic carbocycles. The molecule has 0 saturated heterocycles. The van der Waals surface area contributed by atoms with Crippen LogP contribution in [0.5, 0.6) is 0 Å². The molecule has 2 heteroatoms. The largest absolute Gasteiger partial charge is 0.381 e. The minimum Gasteiger partial charge on any atom is -0.381 e. The molecule has 0 aromatic heterocycles. The van der Waals surface area contributed by atoms with E-state index in [4.69, 9.17) is 11.6 Å². The zero-order chi connectivity index (χ0) is 12.6. The van der Waals surface area contributed by atoms with Crippen molar-refractivity contribution >= 4 is 11.6 Å². The molecular weight excluding hydrogens is 218 g/mol. The molecule has 0 aromatic rings. The van der Waals surface area contributed by atoms with Crippen LogP contribution in [0.1, 0.15) is 46.5 Å². The Balaban J connectivity index is 4.56. The van der Waals surface area contributed by atoms with E-state index in [2.05, 4.69) is 32.3 Å². The molecule has 0 rings (SSSR count). The topological polar surface area (TPSA) is 12.0 Å². The van der Waals surface area contributed by atoms with E-state index in [1.165, 1.54) is 19.3 Å². The number of halogens is 1. The van der Waals surface area contributed by atoms with Gasteiger partial charge in [0.2, 0.25) is 0 Å². The van der Waals surface area contributed by atoms with Crippen LogP contribution < -0.4 is 5.32 Å². The second-order valence-corrected chi connectivity index (χ2v) is 4.48. The fourth-order valence-corrected chi connectivity index (χ4v) is 1.62. The van der Waals surface area contributed by atoms with Gasteiger partial charge in [0.1, 0.15) is 0 Å². The third kappa shape index (κ3) is 5.41. The van der Waals surface area contributed by atoms with E-state index < -0.39 is 0 Å². The minimum absolute atomic E-state index is 0.473. The van der Waals surface area contributed by atoms with E-state index in [-0.39, 0.29) is 0 Å². The molecule has 92 valence electrons. The summed E-state index contributed by atoms with van der Waals surface area (Å²) >= 11 is 6.16. The normalized spacial score (nSPS) is 14.0. The van der Waals surface area contributed by atoms with Crippen LogP contribution in [0.4, 0.5) is 0 Å². The van der Waals surface area contributed by atoms with Crippen LogP contribution >= 0.6 is 11.6 Å². The Morgan fingerprint density at radius 1 is 1.44 bits per heavy atom. The molecule has 1 unspecified atom stereocenters. The van der Waals surface area contributed by atoms with Crippen LogP contribution in [0.2, 0.25) is 0 Å². The summed E-state index contributed by atoms with van der Waals surface area (Å²) in [5, 5.41) is 4.12. The zero-order valence-electron chi connectivity index (χ0n) is 10.8. The van der Waals surface area contributed by atoms with Crippen molar-refractivity contribution in [2.45, 2.75) is 52.5 Å². The minimum atomic E-state index is 0.473. The van der Waals surface area contributed by atoms with Crippen molar-refractivity contribution in [3.8, 4) is 0 Å². The first kappa shape index (κ1) is 15.3. The number of nitrogens with one attached hydrogen (secondary N) is 1. The fraction of sp³-hybridized carbons (Fsp3) is 0.571. The predicted molar refractivity (Wildman–Crippen MR) is 74.6 cm³/mol. The van der Waals surface area contributed by atoms with Crippen LogP contribution in [0.3, 0.4) is 0 Å². The molecule has 0 aliphatic heterocycles. The molecule has 0 fully saturated rings. The maximum absolute atomic E-state index is 6.16. The SMILES string of the molecule is C=C/C(NC(CC)CCCC)=C(/Cl)C(=C)C. The quantitative estimate of drug-likeness (QED) is 0.605. The molecule has 0 heterocycles. The standard InChI is InChI=1S/C14H24ClN/c1-6-9-10-12(7-2)16-13(8-3)14(15)11(4)5/h8,12,16H,3-4,6-7,9-10H2,1-2,5H3/b14-13-. The van der Waals surface area contributed by atoms with E-state index in [0.717, 1.165) is 17.7 Å². The average molecular weight is 242 g/mol. The number of allylic oxidation sites excluding steroid dienone is 3. The van der Waals surface area contributed by atoms with Crippen molar-refractivity contribution in [1.82, 2.24) is 5.32 Å². The highest BCUT2D eigenvalue weighted by atomic mass is 35.5. The molecule has 1 atom stereocenters. The Kier molecular flexibility index (Phi) is 8.10. The van der Waals surface area contributed by atoms with Crippen LogP contribution in [-0.2, 0) is 0 Å². The number of hydrogen-bond acceptors (Lipinski definition) is 1. The summed E-state index contributed by atoms with van der Waals surface area (Å²) in [5.74, 6) is 0. The second-order valence-electron chi connectivity index (χ2n) is 4.10.